The molecule has 0 spiro atoms. The number of anilines is 2. The summed E-state index contributed by atoms with van der Waals surface area (Å²) in [6.07, 6.45) is 4.07. The largest absolute Gasteiger partial charge is 0.486 e. The van der Waals surface area contributed by atoms with Crippen LogP contribution < -0.4 is 20.1 Å². The average molecular weight is 262 g/mol. The summed E-state index contributed by atoms with van der Waals surface area (Å²) in [7, 11) is 0. The molecule has 2 N–H and O–H groups in total. The van der Waals surface area contributed by atoms with Crippen molar-refractivity contribution in [1.82, 2.24) is 0 Å². The first-order valence-electron chi connectivity index (χ1n) is 7.22. The average Bonchev–Trinajstić information content (AvgIpc) is 2.37. The molecule has 0 aromatic heterocycles. The van der Waals surface area contributed by atoms with Crippen LogP contribution in [0, 0.1) is 5.92 Å². The highest BCUT2D eigenvalue weighted by Crippen LogP contribution is 2.39. The molecule has 2 aliphatic rings. The summed E-state index contributed by atoms with van der Waals surface area (Å²) in [5, 5.41) is 0. The minimum atomic E-state index is 0.603. The summed E-state index contributed by atoms with van der Waals surface area (Å²) in [5.41, 5.74) is 8.04. The summed E-state index contributed by atoms with van der Waals surface area (Å²) >= 11 is 0. The summed E-state index contributed by atoms with van der Waals surface area (Å²) in [4.78, 5) is 2.36. The van der Waals surface area contributed by atoms with Crippen molar-refractivity contribution in [2.75, 3.05) is 36.9 Å². The molecule has 0 atom stereocenters. The number of nitrogens with two attached hydrogens (primary N) is 1. The highest BCUT2D eigenvalue weighted by Gasteiger charge is 2.23. The van der Waals surface area contributed by atoms with Gasteiger partial charge in [0.05, 0.1) is 11.4 Å². The number of hydrogen-bond donors (Lipinski definition) is 1. The Morgan fingerprint density at radius 3 is 2.47 bits per heavy atom. The van der Waals surface area contributed by atoms with Crippen LogP contribution in [0.3, 0.4) is 0 Å². The van der Waals surface area contributed by atoms with Crippen molar-refractivity contribution in [2.24, 2.45) is 5.92 Å². The Bertz CT molecular complexity index is 458. The fourth-order valence-electron chi connectivity index (χ4n) is 2.75. The van der Waals surface area contributed by atoms with E-state index in [1.807, 2.05) is 12.1 Å². The first-order valence-corrected chi connectivity index (χ1v) is 7.22. The number of nitrogens with zero attached hydrogens (tertiary/aromatic N) is 1. The molecule has 4 heteroatoms. The smallest absolute Gasteiger partial charge is 0.163 e. The van der Waals surface area contributed by atoms with E-state index >= 15 is 0 Å². The fourth-order valence-corrected chi connectivity index (χ4v) is 2.75. The SMILES string of the molecule is CCN(CC1CCC1)c1cc2c(cc1N)OCCO2. The molecule has 1 heterocycles. The van der Waals surface area contributed by atoms with Gasteiger partial charge in [-0.2, -0.15) is 0 Å². The van der Waals surface area contributed by atoms with Crippen LogP contribution in [0.5, 0.6) is 11.5 Å². The number of hydrogen-bond acceptors (Lipinski definition) is 4. The van der Waals surface area contributed by atoms with Crippen LogP contribution in [0.2, 0.25) is 0 Å². The van der Waals surface area contributed by atoms with E-state index in [1.165, 1.54) is 19.3 Å². The normalized spacial score (nSPS) is 17.9. The molecule has 1 aromatic carbocycles. The third-order valence-corrected chi connectivity index (χ3v) is 4.12. The van der Waals surface area contributed by atoms with Crippen molar-refractivity contribution in [3.05, 3.63) is 12.1 Å². The van der Waals surface area contributed by atoms with Crippen LogP contribution in [0.15, 0.2) is 12.1 Å². The standard InChI is InChI=1S/C15H22N2O2/c1-2-17(10-11-4-3-5-11)13-9-15-14(8-12(13)16)18-6-7-19-15/h8-9,11H,2-7,10,16H2,1H3. The monoisotopic (exact) mass is 262 g/mol. The third-order valence-electron chi connectivity index (χ3n) is 4.12. The third kappa shape index (κ3) is 2.44. The van der Waals surface area contributed by atoms with Crippen molar-refractivity contribution < 1.29 is 9.47 Å². The molecule has 0 bridgehead atoms. The van der Waals surface area contributed by atoms with Crippen LogP contribution in [0.4, 0.5) is 11.4 Å². The van der Waals surface area contributed by atoms with Crippen molar-refractivity contribution >= 4 is 11.4 Å². The van der Waals surface area contributed by atoms with Gasteiger partial charge in [0, 0.05) is 25.2 Å². The van der Waals surface area contributed by atoms with Crippen molar-refractivity contribution in [3.8, 4) is 11.5 Å². The van der Waals surface area contributed by atoms with E-state index in [4.69, 9.17) is 15.2 Å². The molecule has 1 fully saturated rings. The second-order valence-corrected chi connectivity index (χ2v) is 5.39. The summed E-state index contributed by atoms with van der Waals surface area (Å²) in [6, 6.07) is 3.93. The van der Waals surface area contributed by atoms with Crippen LogP contribution in [0.1, 0.15) is 26.2 Å². The Hall–Kier alpha value is -1.58. The van der Waals surface area contributed by atoms with E-state index in [2.05, 4.69) is 11.8 Å². The van der Waals surface area contributed by atoms with Crippen LogP contribution >= 0.6 is 0 Å². The van der Waals surface area contributed by atoms with E-state index in [-0.39, 0.29) is 0 Å². The van der Waals surface area contributed by atoms with E-state index in [0.29, 0.717) is 13.2 Å². The van der Waals surface area contributed by atoms with Gasteiger partial charge in [0.1, 0.15) is 13.2 Å². The van der Waals surface area contributed by atoms with Crippen LogP contribution in [-0.4, -0.2) is 26.3 Å². The molecule has 4 nitrogen and oxygen atoms in total. The Kier molecular flexibility index (Phi) is 3.40. The van der Waals surface area contributed by atoms with Gasteiger partial charge in [-0.1, -0.05) is 6.42 Å². The molecule has 3 rings (SSSR count). The van der Waals surface area contributed by atoms with E-state index in [0.717, 1.165) is 41.9 Å². The maximum Gasteiger partial charge on any atom is 0.163 e. The predicted octanol–water partition coefficient (Wildman–Crippen LogP) is 2.67. The maximum atomic E-state index is 6.18. The van der Waals surface area contributed by atoms with E-state index < -0.39 is 0 Å². The Labute approximate surface area is 114 Å². The minimum absolute atomic E-state index is 0.603. The van der Waals surface area contributed by atoms with E-state index in [1.54, 1.807) is 0 Å². The number of rotatable bonds is 4. The minimum Gasteiger partial charge on any atom is -0.486 e. The van der Waals surface area contributed by atoms with Crippen molar-refractivity contribution in [1.29, 1.82) is 0 Å². The van der Waals surface area contributed by atoms with Crippen molar-refractivity contribution in [2.45, 2.75) is 26.2 Å². The lowest BCUT2D eigenvalue weighted by Crippen LogP contribution is -2.33. The second-order valence-electron chi connectivity index (χ2n) is 5.39. The van der Waals surface area contributed by atoms with Gasteiger partial charge < -0.3 is 20.1 Å². The molecule has 0 saturated heterocycles. The highest BCUT2D eigenvalue weighted by molar-refractivity contribution is 5.73. The molecule has 1 aliphatic carbocycles. The summed E-state index contributed by atoms with van der Waals surface area (Å²) < 4.78 is 11.2. The van der Waals surface area contributed by atoms with Gasteiger partial charge >= 0.3 is 0 Å². The zero-order valence-electron chi connectivity index (χ0n) is 11.5. The van der Waals surface area contributed by atoms with Crippen LogP contribution in [-0.2, 0) is 0 Å². The number of ether oxygens (including phenoxy) is 2. The Morgan fingerprint density at radius 1 is 1.21 bits per heavy atom. The number of nitrogen functional groups attached to an aromatic ring is 1. The zero-order chi connectivity index (χ0) is 13.2. The molecule has 0 radical (unpaired) electrons. The molecule has 1 aliphatic heterocycles. The number of benzene rings is 1. The Balaban J connectivity index is 1.84. The molecular weight excluding hydrogens is 240 g/mol. The van der Waals surface area contributed by atoms with Gasteiger partial charge in [-0.25, -0.2) is 0 Å². The van der Waals surface area contributed by atoms with Gasteiger partial charge in [-0.3, -0.25) is 0 Å². The molecule has 19 heavy (non-hydrogen) atoms. The van der Waals surface area contributed by atoms with Gasteiger partial charge in [0.25, 0.3) is 0 Å². The molecule has 104 valence electrons. The van der Waals surface area contributed by atoms with Gasteiger partial charge in [0.15, 0.2) is 11.5 Å². The lowest BCUT2D eigenvalue weighted by atomic mass is 9.85. The topological polar surface area (TPSA) is 47.7 Å². The van der Waals surface area contributed by atoms with Crippen LogP contribution in [0.25, 0.3) is 0 Å². The van der Waals surface area contributed by atoms with E-state index in [9.17, 15) is 0 Å². The molecular formula is C15H22N2O2. The lowest BCUT2D eigenvalue weighted by Gasteiger charge is -2.34. The molecule has 1 aromatic rings. The first-order chi connectivity index (χ1) is 9.28. The Morgan fingerprint density at radius 2 is 1.89 bits per heavy atom. The highest BCUT2D eigenvalue weighted by atomic mass is 16.6. The van der Waals surface area contributed by atoms with Gasteiger partial charge in [-0.15, -0.1) is 0 Å². The fraction of sp³-hybridized carbons (Fsp3) is 0.600. The molecule has 0 amide bonds. The second kappa shape index (κ2) is 5.19. The summed E-state index contributed by atoms with van der Waals surface area (Å²) in [6.45, 7) is 5.46. The predicted molar refractivity (Wildman–Crippen MR) is 77.1 cm³/mol. The first kappa shape index (κ1) is 12.5. The lowest BCUT2D eigenvalue weighted by molar-refractivity contribution is 0.171. The van der Waals surface area contributed by atoms with Crippen molar-refractivity contribution in [3.63, 3.8) is 0 Å². The molecule has 0 unspecified atom stereocenters. The maximum absolute atomic E-state index is 6.18. The summed E-state index contributed by atoms with van der Waals surface area (Å²) in [5.74, 6) is 2.42. The molecule has 1 saturated carbocycles. The number of fused-ring (bicyclic) bond motifs is 1. The quantitative estimate of drug-likeness (QED) is 0.847. The zero-order valence-corrected chi connectivity index (χ0v) is 11.5. The van der Waals surface area contributed by atoms with Gasteiger partial charge in [-0.05, 0) is 25.7 Å². The van der Waals surface area contributed by atoms with Gasteiger partial charge in [0.2, 0.25) is 0 Å².